The van der Waals surface area contributed by atoms with Gasteiger partial charge in [-0.3, -0.25) is 0 Å². The highest BCUT2D eigenvalue weighted by atomic mass is 16.5. The van der Waals surface area contributed by atoms with Crippen molar-refractivity contribution in [2.45, 2.75) is 27.7 Å². The first-order valence-electron chi connectivity index (χ1n) is 5.68. The molecule has 16 heavy (non-hydrogen) atoms. The fourth-order valence-corrected chi connectivity index (χ4v) is 1.43. The number of para-hydroxylation sites is 2. The summed E-state index contributed by atoms with van der Waals surface area (Å²) in [5, 5.41) is 3.30. The molecular weight excluding hydrogens is 198 g/mol. The van der Waals surface area contributed by atoms with Crippen LogP contribution >= 0.6 is 0 Å². The van der Waals surface area contributed by atoms with Crippen LogP contribution in [0.2, 0.25) is 0 Å². The van der Waals surface area contributed by atoms with Crippen molar-refractivity contribution in [2.24, 2.45) is 0 Å². The van der Waals surface area contributed by atoms with E-state index < -0.39 is 0 Å². The van der Waals surface area contributed by atoms with Gasteiger partial charge in [0.15, 0.2) is 5.75 Å². The molecule has 1 aliphatic heterocycles. The van der Waals surface area contributed by atoms with Gasteiger partial charge in [0.05, 0.1) is 11.4 Å². The quantitative estimate of drug-likeness (QED) is 0.756. The Morgan fingerprint density at radius 2 is 1.88 bits per heavy atom. The van der Waals surface area contributed by atoms with Gasteiger partial charge in [-0.1, -0.05) is 32.1 Å². The maximum Gasteiger partial charge on any atom is 0.150 e. The predicted octanol–water partition coefficient (Wildman–Crippen LogP) is 4.32. The molecule has 0 saturated heterocycles. The third-order valence-electron chi connectivity index (χ3n) is 2.12. The zero-order valence-corrected chi connectivity index (χ0v) is 10.4. The smallest absolute Gasteiger partial charge is 0.150 e. The van der Waals surface area contributed by atoms with Crippen molar-refractivity contribution in [1.82, 2.24) is 0 Å². The summed E-state index contributed by atoms with van der Waals surface area (Å²) in [6.07, 6.45) is 3.92. The molecule has 1 aromatic carbocycles. The van der Waals surface area contributed by atoms with E-state index in [2.05, 4.69) is 5.32 Å². The van der Waals surface area contributed by atoms with Crippen molar-refractivity contribution < 1.29 is 4.74 Å². The summed E-state index contributed by atoms with van der Waals surface area (Å²) < 4.78 is 5.71. The molecule has 1 heterocycles. The molecule has 1 aromatic rings. The monoisotopic (exact) mass is 217 g/mol. The van der Waals surface area contributed by atoms with Crippen LogP contribution in [-0.2, 0) is 0 Å². The van der Waals surface area contributed by atoms with Gasteiger partial charge in [0.1, 0.15) is 5.76 Å². The highest BCUT2D eigenvalue weighted by Gasteiger charge is 2.13. The van der Waals surface area contributed by atoms with Gasteiger partial charge in [0.2, 0.25) is 0 Å². The van der Waals surface area contributed by atoms with E-state index in [4.69, 9.17) is 4.74 Å². The Labute approximate surface area is 97.6 Å². The SMILES string of the molecule is C/C=C\C1=C(C)Nc2ccccc2O1.CC. The first kappa shape index (κ1) is 12.4. The Kier molecular flexibility index (Phi) is 4.65. The molecule has 0 spiro atoms. The van der Waals surface area contributed by atoms with Crippen molar-refractivity contribution in [3.8, 4) is 5.75 Å². The summed E-state index contributed by atoms with van der Waals surface area (Å²) in [5.41, 5.74) is 2.07. The Bertz CT molecular complexity index is 405. The number of ether oxygens (including phenoxy) is 1. The fraction of sp³-hybridized carbons (Fsp3) is 0.286. The molecular formula is C14H19NO. The number of fused-ring (bicyclic) bond motifs is 1. The van der Waals surface area contributed by atoms with E-state index in [1.165, 1.54) is 0 Å². The molecule has 0 aliphatic carbocycles. The van der Waals surface area contributed by atoms with Gasteiger partial charge in [-0.25, -0.2) is 0 Å². The lowest BCUT2D eigenvalue weighted by Crippen LogP contribution is -2.10. The molecule has 2 rings (SSSR count). The van der Waals surface area contributed by atoms with Gasteiger partial charge in [-0.15, -0.1) is 0 Å². The summed E-state index contributed by atoms with van der Waals surface area (Å²) in [5.74, 6) is 1.76. The topological polar surface area (TPSA) is 21.3 Å². The minimum Gasteiger partial charge on any atom is -0.453 e. The highest BCUT2D eigenvalue weighted by Crippen LogP contribution is 2.32. The number of benzene rings is 1. The molecule has 0 atom stereocenters. The summed E-state index contributed by atoms with van der Waals surface area (Å²) in [6, 6.07) is 7.92. The molecule has 86 valence electrons. The minimum absolute atomic E-state index is 0.881. The molecule has 0 saturated carbocycles. The lowest BCUT2D eigenvalue weighted by Gasteiger charge is -2.21. The van der Waals surface area contributed by atoms with Crippen molar-refractivity contribution in [3.05, 3.63) is 47.9 Å². The molecule has 2 nitrogen and oxygen atoms in total. The van der Waals surface area contributed by atoms with Gasteiger partial charge in [0.25, 0.3) is 0 Å². The van der Waals surface area contributed by atoms with Gasteiger partial charge in [-0.05, 0) is 32.1 Å². The standard InChI is InChI=1S/C12H13NO.C2H6/c1-3-6-11-9(2)13-10-7-4-5-8-12(10)14-11;1-2/h3-8,13H,1-2H3;1-2H3/b6-3-;. The third-order valence-corrected chi connectivity index (χ3v) is 2.12. The third kappa shape index (κ3) is 2.66. The molecule has 0 unspecified atom stereocenters. The van der Waals surface area contributed by atoms with Gasteiger partial charge in [-0.2, -0.15) is 0 Å². The Morgan fingerprint density at radius 3 is 2.56 bits per heavy atom. The Balaban J connectivity index is 0.000000606. The second-order valence-electron chi connectivity index (χ2n) is 3.21. The summed E-state index contributed by atoms with van der Waals surface area (Å²) in [7, 11) is 0. The molecule has 1 N–H and O–H groups in total. The van der Waals surface area contributed by atoms with E-state index in [9.17, 15) is 0 Å². The van der Waals surface area contributed by atoms with Crippen LogP contribution < -0.4 is 10.1 Å². The normalized spacial score (nSPS) is 13.5. The number of hydrogen-bond acceptors (Lipinski definition) is 2. The van der Waals surface area contributed by atoms with Gasteiger partial charge < -0.3 is 10.1 Å². The molecule has 0 bridgehead atoms. The largest absolute Gasteiger partial charge is 0.453 e. The molecule has 0 radical (unpaired) electrons. The van der Waals surface area contributed by atoms with Crippen LogP contribution in [0.25, 0.3) is 0 Å². The van der Waals surface area contributed by atoms with Crippen molar-refractivity contribution >= 4 is 5.69 Å². The van der Waals surface area contributed by atoms with E-state index in [0.29, 0.717) is 0 Å². The molecule has 2 heteroatoms. The zero-order valence-electron chi connectivity index (χ0n) is 10.4. The maximum absolute atomic E-state index is 5.71. The zero-order chi connectivity index (χ0) is 12.0. The van der Waals surface area contributed by atoms with E-state index >= 15 is 0 Å². The molecule has 0 aromatic heterocycles. The number of hydrogen-bond donors (Lipinski definition) is 1. The second-order valence-corrected chi connectivity index (χ2v) is 3.21. The Morgan fingerprint density at radius 1 is 1.19 bits per heavy atom. The van der Waals surface area contributed by atoms with E-state index in [1.807, 2.05) is 64.1 Å². The highest BCUT2D eigenvalue weighted by molar-refractivity contribution is 5.63. The second kappa shape index (κ2) is 6.01. The first-order chi connectivity index (χ1) is 7.81. The number of allylic oxidation sites excluding steroid dienone is 3. The van der Waals surface area contributed by atoms with Crippen LogP contribution in [0.15, 0.2) is 47.9 Å². The van der Waals surface area contributed by atoms with Crippen molar-refractivity contribution in [3.63, 3.8) is 0 Å². The van der Waals surface area contributed by atoms with Crippen molar-refractivity contribution in [1.29, 1.82) is 0 Å². The maximum atomic E-state index is 5.71. The Hall–Kier alpha value is -1.70. The van der Waals surface area contributed by atoms with E-state index in [0.717, 1.165) is 22.9 Å². The summed E-state index contributed by atoms with van der Waals surface area (Å²) in [4.78, 5) is 0. The van der Waals surface area contributed by atoms with Crippen LogP contribution in [0.4, 0.5) is 5.69 Å². The predicted molar refractivity (Wildman–Crippen MR) is 69.6 cm³/mol. The fourth-order valence-electron chi connectivity index (χ4n) is 1.43. The summed E-state index contributed by atoms with van der Waals surface area (Å²) >= 11 is 0. The average molecular weight is 217 g/mol. The average Bonchev–Trinajstić information content (AvgIpc) is 2.33. The first-order valence-corrected chi connectivity index (χ1v) is 5.68. The van der Waals surface area contributed by atoms with Crippen molar-refractivity contribution in [2.75, 3.05) is 5.32 Å². The molecule has 1 aliphatic rings. The lowest BCUT2D eigenvalue weighted by molar-refractivity contribution is 0.433. The number of anilines is 1. The van der Waals surface area contributed by atoms with E-state index in [1.54, 1.807) is 0 Å². The molecule has 0 fully saturated rings. The van der Waals surface area contributed by atoms with Crippen LogP contribution in [0.1, 0.15) is 27.7 Å². The van der Waals surface area contributed by atoms with Crippen LogP contribution in [0, 0.1) is 0 Å². The summed E-state index contributed by atoms with van der Waals surface area (Å²) in [6.45, 7) is 7.98. The lowest BCUT2D eigenvalue weighted by atomic mass is 10.2. The van der Waals surface area contributed by atoms with Crippen LogP contribution in [-0.4, -0.2) is 0 Å². The van der Waals surface area contributed by atoms with Crippen LogP contribution in [0.3, 0.4) is 0 Å². The van der Waals surface area contributed by atoms with Crippen LogP contribution in [0.5, 0.6) is 5.75 Å². The van der Waals surface area contributed by atoms with E-state index in [-0.39, 0.29) is 0 Å². The number of nitrogens with one attached hydrogen (secondary N) is 1. The van der Waals surface area contributed by atoms with Gasteiger partial charge >= 0.3 is 0 Å². The van der Waals surface area contributed by atoms with Gasteiger partial charge in [0, 0.05) is 0 Å². The minimum atomic E-state index is 0.881. The number of rotatable bonds is 1. The molecule has 0 amide bonds.